The minimum Gasteiger partial charge on any atom is -0.313 e. The average molecular weight is 1040 g/mol. The molecule has 79 heavy (non-hydrogen) atoms. The van der Waals surface area contributed by atoms with E-state index in [-0.39, 0.29) is 10.8 Å². The Morgan fingerprint density at radius 3 is 1.82 bits per heavy atom. The minimum atomic E-state index is -0.357. The number of benzene rings is 10. The lowest BCUT2D eigenvalue weighted by Crippen LogP contribution is -2.26. The molecule has 14 rings (SSSR count). The number of hydrogen-bond donors (Lipinski definition) is 0. The quantitative estimate of drug-likeness (QED) is 0.103. The van der Waals surface area contributed by atoms with Gasteiger partial charge in [-0.3, -0.25) is 0 Å². The van der Waals surface area contributed by atoms with Crippen LogP contribution in [-0.2, 0) is 17.3 Å². The van der Waals surface area contributed by atoms with Crippen LogP contribution in [-0.4, -0.2) is 4.57 Å². The number of aromatic nitrogens is 1. The summed E-state index contributed by atoms with van der Waals surface area (Å²) in [5.41, 5.74) is 22.4. The van der Waals surface area contributed by atoms with Gasteiger partial charge in [0.25, 0.3) is 0 Å². The number of hydrogen-bond acceptors (Lipinski definition) is 2. The fourth-order valence-electron chi connectivity index (χ4n) is 12.8. The number of rotatable bonds is 9. The summed E-state index contributed by atoms with van der Waals surface area (Å²) in [5, 5.41) is 3.91. The van der Waals surface area contributed by atoms with Crippen molar-refractivity contribution in [1.82, 2.24) is 4.57 Å². The summed E-state index contributed by atoms with van der Waals surface area (Å²) in [4.78, 5) is 2.53. The van der Waals surface area contributed by atoms with E-state index in [9.17, 15) is 0 Å². The molecule has 0 radical (unpaired) electrons. The molecule has 0 fully saturated rings. The van der Waals surface area contributed by atoms with Crippen molar-refractivity contribution in [3.8, 4) is 27.9 Å². The SMILES string of the molecule is C=CC.CC.CC1(C)c2ccccc2-c2cc(C3=Cc4c(n(-c5ccc(-c6ccccc6C(C)(c6ccccc6)c6ccccc6)cc5)c5ccccc45)CC3)cc(N(c3ccccc3)c3ccc4c(c3)sc3ccccc34)c21. The van der Waals surface area contributed by atoms with E-state index in [0.29, 0.717) is 0 Å². The molecule has 0 saturated heterocycles. The Hall–Kier alpha value is -8.76. The molecule has 0 amide bonds. The Morgan fingerprint density at radius 1 is 0.532 bits per heavy atom. The third-order valence-electron chi connectivity index (χ3n) is 16.4. The van der Waals surface area contributed by atoms with Gasteiger partial charge < -0.3 is 9.47 Å². The van der Waals surface area contributed by atoms with E-state index in [4.69, 9.17) is 0 Å². The molecular formula is C76H66N2S. The first-order valence-corrected chi connectivity index (χ1v) is 28.8. The second-order valence-electron chi connectivity index (χ2n) is 21.3. The second-order valence-corrected chi connectivity index (χ2v) is 22.4. The van der Waals surface area contributed by atoms with Gasteiger partial charge in [-0.05, 0) is 155 Å². The Balaban J connectivity index is 0.00000121. The van der Waals surface area contributed by atoms with Crippen LogP contribution < -0.4 is 4.90 Å². The summed E-state index contributed by atoms with van der Waals surface area (Å²) in [6.07, 6.45) is 6.12. The lowest BCUT2D eigenvalue weighted by molar-refractivity contribution is 0.660. The largest absolute Gasteiger partial charge is 0.313 e. The van der Waals surface area contributed by atoms with Crippen molar-refractivity contribution in [3.05, 3.63) is 300 Å². The predicted molar refractivity (Wildman–Crippen MR) is 342 cm³/mol. The van der Waals surface area contributed by atoms with Crippen LogP contribution in [0.2, 0.25) is 0 Å². The van der Waals surface area contributed by atoms with E-state index in [0.717, 1.165) is 18.5 Å². The minimum absolute atomic E-state index is 0.225. The van der Waals surface area contributed by atoms with Crippen molar-refractivity contribution < 1.29 is 0 Å². The average Bonchev–Trinajstić information content (AvgIpc) is 4.24. The van der Waals surface area contributed by atoms with Gasteiger partial charge in [-0.2, -0.15) is 0 Å². The van der Waals surface area contributed by atoms with Crippen LogP contribution in [0.15, 0.2) is 255 Å². The number of thiophene rings is 1. The maximum absolute atomic E-state index is 3.36. The van der Waals surface area contributed by atoms with Crippen LogP contribution in [0.25, 0.3) is 70.7 Å². The third kappa shape index (κ3) is 8.74. The molecule has 3 heteroatoms. The van der Waals surface area contributed by atoms with Crippen LogP contribution in [0.4, 0.5) is 17.1 Å². The fourth-order valence-corrected chi connectivity index (χ4v) is 14.0. The Morgan fingerprint density at radius 2 is 1.11 bits per heavy atom. The number of nitrogens with zero attached hydrogens (tertiary/aromatic N) is 2. The molecule has 0 bridgehead atoms. The van der Waals surface area contributed by atoms with Gasteiger partial charge in [0.05, 0.1) is 11.2 Å². The molecule has 386 valence electrons. The van der Waals surface area contributed by atoms with Gasteiger partial charge in [0.1, 0.15) is 0 Å². The highest BCUT2D eigenvalue weighted by atomic mass is 32.1. The maximum atomic E-state index is 3.36. The Labute approximate surface area is 470 Å². The van der Waals surface area contributed by atoms with Crippen molar-refractivity contribution in [2.45, 2.75) is 65.2 Å². The second kappa shape index (κ2) is 21.2. The van der Waals surface area contributed by atoms with Crippen molar-refractivity contribution in [1.29, 1.82) is 0 Å². The van der Waals surface area contributed by atoms with Crippen molar-refractivity contribution in [2.24, 2.45) is 0 Å². The highest BCUT2D eigenvalue weighted by Gasteiger charge is 2.40. The van der Waals surface area contributed by atoms with E-state index in [1.807, 2.05) is 32.1 Å². The maximum Gasteiger partial charge on any atom is 0.0537 e. The summed E-state index contributed by atoms with van der Waals surface area (Å²) in [6, 6.07) is 90.2. The van der Waals surface area contributed by atoms with Crippen molar-refractivity contribution >= 4 is 71.1 Å². The van der Waals surface area contributed by atoms with Gasteiger partial charge in [0.15, 0.2) is 0 Å². The topological polar surface area (TPSA) is 8.17 Å². The smallest absolute Gasteiger partial charge is 0.0537 e. The lowest BCUT2D eigenvalue weighted by atomic mass is 9.69. The third-order valence-corrected chi connectivity index (χ3v) is 17.6. The van der Waals surface area contributed by atoms with Gasteiger partial charge in [-0.25, -0.2) is 0 Å². The van der Waals surface area contributed by atoms with Crippen LogP contribution in [0, 0.1) is 0 Å². The first-order chi connectivity index (χ1) is 38.8. The number of allylic oxidation sites excluding steroid dienone is 2. The lowest BCUT2D eigenvalue weighted by Gasteiger charge is -2.34. The van der Waals surface area contributed by atoms with Gasteiger partial charge in [-0.15, -0.1) is 17.9 Å². The zero-order valence-corrected chi connectivity index (χ0v) is 47.0. The molecule has 0 aliphatic heterocycles. The van der Waals surface area contributed by atoms with E-state index in [1.165, 1.54) is 121 Å². The molecule has 2 heterocycles. The van der Waals surface area contributed by atoms with E-state index < -0.39 is 0 Å². The molecule has 2 aromatic heterocycles. The zero-order valence-electron chi connectivity index (χ0n) is 46.2. The molecule has 0 saturated carbocycles. The first kappa shape index (κ1) is 51.0. The molecule has 0 N–H and O–H groups in total. The standard InChI is InChI=1S/C71H54N2S.C3H6.C2H6/c1-70(2)62-31-17-14-28-56(62)61-44-49(45-66(69(61)70)72(52-25-11-6-12-26-52)54-40-41-59-58-30-16-20-34-67(58)74-68(59)46-54)48-37-42-65-60(43-48)57-29-15-19-33-64(57)73(65)53-38-35-47(36-39-53)55-27-13-18-32-63(55)71(3,50-21-7-4-8-22-50)51-23-9-5-10-24-51;1-3-2;1-2/h4-36,38-41,43-46H,37,42H2,1-3H3;3H,1H2,2H3;1-2H3. The summed E-state index contributed by atoms with van der Waals surface area (Å²) in [6.45, 7) is 16.5. The number of fused-ring (bicyclic) bond motifs is 9. The van der Waals surface area contributed by atoms with Gasteiger partial charge in [0.2, 0.25) is 0 Å². The first-order valence-electron chi connectivity index (χ1n) is 28.0. The Bertz CT molecular complexity index is 4170. The van der Waals surface area contributed by atoms with Crippen LogP contribution in [0.3, 0.4) is 0 Å². The summed E-state index contributed by atoms with van der Waals surface area (Å²) >= 11 is 1.88. The monoisotopic (exact) mass is 1040 g/mol. The molecule has 2 nitrogen and oxygen atoms in total. The summed E-state index contributed by atoms with van der Waals surface area (Å²) < 4.78 is 5.15. The van der Waals surface area contributed by atoms with Crippen LogP contribution >= 0.6 is 11.3 Å². The molecule has 0 unspecified atom stereocenters. The molecule has 2 aliphatic carbocycles. The predicted octanol–water partition coefficient (Wildman–Crippen LogP) is 21.5. The molecule has 10 aromatic carbocycles. The molecule has 2 aliphatic rings. The molecule has 0 spiro atoms. The molecule has 0 atom stereocenters. The van der Waals surface area contributed by atoms with Crippen LogP contribution in [0.5, 0.6) is 0 Å². The van der Waals surface area contributed by atoms with Crippen molar-refractivity contribution in [3.63, 3.8) is 0 Å². The highest BCUT2D eigenvalue weighted by Crippen LogP contribution is 2.56. The van der Waals surface area contributed by atoms with Crippen LogP contribution in [0.1, 0.15) is 92.6 Å². The highest BCUT2D eigenvalue weighted by molar-refractivity contribution is 7.25. The van der Waals surface area contributed by atoms with Gasteiger partial charge >= 0.3 is 0 Å². The zero-order chi connectivity index (χ0) is 54.3. The normalized spacial score (nSPS) is 13.1. The van der Waals surface area contributed by atoms with Gasteiger partial charge in [0, 0.05) is 64.7 Å². The van der Waals surface area contributed by atoms with E-state index in [2.05, 4.69) is 286 Å². The number of anilines is 3. The molecular weight excluding hydrogens is 973 g/mol. The fraction of sp³-hybridized carbons (Fsp3) is 0.132. The van der Waals surface area contributed by atoms with E-state index >= 15 is 0 Å². The summed E-state index contributed by atoms with van der Waals surface area (Å²) in [5.74, 6) is 0. The van der Waals surface area contributed by atoms with Crippen molar-refractivity contribution in [2.75, 3.05) is 4.90 Å². The van der Waals surface area contributed by atoms with E-state index in [1.54, 1.807) is 6.08 Å². The van der Waals surface area contributed by atoms with Gasteiger partial charge in [-0.1, -0.05) is 216 Å². The molecule has 12 aromatic rings. The Kier molecular flexibility index (Phi) is 13.7. The summed E-state index contributed by atoms with van der Waals surface area (Å²) in [7, 11) is 0. The number of para-hydroxylation sites is 2.